The van der Waals surface area contributed by atoms with Crippen LogP contribution in [0.15, 0.2) is 33.6 Å². The van der Waals surface area contributed by atoms with E-state index in [1.807, 2.05) is 29.2 Å². The van der Waals surface area contributed by atoms with Gasteiger partial charge in [-0.25, -0.2) is 4.79 Å². The topological polar surface area (TPSA) is 40.6 Å². The summed E-state index contributed by atoms with van der Waals surface area (Å²) < 4.78 is 13.4. The van der Waals surface area contributed by atoms with Gasteiger partial charge in [-0.05, 0) is 43.0 Å². The number of hydrogen-bond acceptors (Lipinski definition) is 2. The predicted molar refractivity (Wildman–Crippen MR) is 88.8 cm³/mol. The van der Waals surface area contributed by atoms with Crippen molar-refractivity contribution >= 4 is 32.8 Å². The van der Waals surface area contributed by atoms with Crippen molar-refractivity contribution in [3.8, 4) is 0 Å². The van der Waals surface area contributed by atoms with Crippen LogP contribution in [0.5, 0.6) is 0 Å². The number of carbonyl (C=O) groups excluding carboxylic acids is 1. The molecule has 0 spiro atoms. The average Bonchev–Trinajstić information content (AvgIpc) is 2.47. The van der Waals surface area contributed by atoms with E-state index in [9.17, 15) is 9.00 Å². The number of hydrogen-bond donors (Lipinski definition) is 0. The van der Waals surface area contributed by atoms with E-state index in [4.69, 9.17) is 0 Å². The fourth-order valence-corrected chi connectivity index (χ4v) is 4.13. The van der Waals surface area contributed by atoms with Gasteiger partial charge in [0.05, 0.1) is 10.8 Å². The van der Waals surface area contributed by atoms with Crippen LogP contribution in [0, 0.1) is 5.92 Å². The summed E-state index contributed by atoms with van der Waals surface area (Å²) >= 11 is 3.38. The zero-order valence-corrected chi connectivity index (χ0v) is 14.8. The van der Waals surface area contributed by atoms with Crippen LogP contribution in [0.2, 0.25) is 0 Å². The monoisotopic (exact) mass is 372 g/mol. The number of urea groups is 1. The Balaban J connectivity index is 1.84. The first-order valence-electron chi connectivity index (χ1n) is 7.07. The summed E-state index contributed by atoms with van der Waals surface area (Å²) in [5, 5.41) is 0. The van der Waals surface area contributed by atoms with Crippen molar-refractivity contribution in [1.82, 2.24) is 9.80 Å². The zero-order valence-electron chi connectivity index (χ0n) is 12.4. The standard InChI is InChI=1S/C15H21BrN2O2S/c1-17(2)15(19)18-9-7-12(8-10-18)11-21(20)14-5-3-13(16)4-6-14/h3-6,12H,7-11H2,1-2H3. The molecule has 1 aromatic rings. The first-order chi connectivity index (χ1) is 9.97. The molecular formula is C15H21BrN2O2S. The van der Waals surface area contributed by atoms with Gasteiger partial charge in [-0.15, -0.1) is 0 Å². The van der Waals surface area contributed by atoms with Crippen molar-refractivity contribution in [3.63, 3.8) is 0 Å². The molecule has 4 nitrogen and oxygen atoms in total. The molecule has 6 heteroatoms. The average molecular weight is 373 g/mol. The molecule has 1 saturated heterocycles. The summed E-state index contributed by atoms with van der Waals surface area (Å²) in [5.41, 5.74) is 0. The Hall–Kier alpha value is -0.880. The van der Waals surface area contributed by atoms with Crippen LogP contribution in [-0.4, -0.2) is 53.0 Å². The van der Waals surface area contributed by atoms with E-state index in [1.165, 1.54) is 0 Å². The molecule has 2 rings (SSSR count). The molecule has 1 unspecified atom stereocenters. The Bertz CT molecular complexity index is 511. The quantitative estimate of drug-likeness (QED) is 0.818. The molecule has 0 radical (unpaired) electrons. The van der Waals surface area contributed by atoms with Gasteiger partial charge >= 0.3 is 6.03 Å². The minimum absolute atomic E-state index is 0.0717. The smallest absolute Gasteiger partial charge is 0.319 e. The molecule has 1 heterocycles. The number of amides is 2. The van der Waals surface area contributed by atoms with Crippen LogP contribution in [0.4, 0.5) is 4.79 Å². The van der Waals surface area contributed by atoms with E-state index < -0.39 is 10.8 Å². The number of likely N-dealkylation sites (tertiary alicyclic amines) is 1. The highest BCUT2D eigenvalue weighted by Gasteiger charge is 2.25. The van der Waals surface area contributed by atoms with Crippen LogP contribution in [0.1, 0.15) is 12.8 Å². The maximum absolute atomic E-state index is 12.4. The second-order valence-corrected chi connectivity index (χ2v) is 7.98. The lowest BCUT2D eigenvalue weighted by Crippen LogP contribution is -2.44. The summed E-state index contributed by atoms with van der Waals surface area (Å²) in [5.74, 6) is 1.12. The first-order valence-corrected chi connectivity index (χ1v) is 9.18. The number of rotatable bonds is 3. The van der Waals surface area contributed by atoms with Crippen LogP contribution in [0.3, 0.4) is 0 Å². The molecule has 2 amide bonds. The van der Waals surface area contributed by atoms with Crippen molar-refractivity contribution in [1.29, 1.82) is 0 Å². The maximum atomic E-state index is 12.4. The number of nitrogens with zero attached hydrogens (tertiary/aromatic N) is 2. The molecule has 0 aliphatic carbocycles. The summed E-state index contributed by atoms with van der Waals surface area (Å²) in [6.45, 7) is 1.53. The molecule has 1 aliphatic rings. The van der Waals surface area contributed by atoms with E-state index in [1.54, 1.807) is 19.0 Å². The Morgan fingerprint density at radius 2 is 1.86 bits per heavy atom. The van der Waals surface area contributed by atoms with Gasteiger partial charge in [0.1, 0.15) is 0 Å². The minimum Gasteiger partial charge on any atom is -0.331 e. The Labute approximate surface area is 137 Å². The van der Waals surface area contributed by atoms with Crippen molar-refractivity contribution in [2.45, 2.75) is 17.7 Å². The zero-order chi connectivity index (χ0) is 15.4. The Morgan fingerprint density at radius 3 is 2.38 bits per heavy atom. The molecule has 1 fully saturated rings. The summed E-state index contributed by atoms with van der Waals surface area (Å²) in [6, 6.07) is 7.73. The molecule has 21 heavy (non-hydrogen) atoms. The molecule has 1 aromatic carbocycles. The van der Waals surface area contributed by atoms with E-state index >= 15 is 0 Å². The molecule has 1 atom stereocenters. The van der Waals surface area contributed by atoms with E-state index in [-0.39, 0.29) is 6.03 Å². The van der Waals surface area contributed by atoms with Gasteiger partial charge in [-0.1, -0.05) is 15.9 Å². The second-order valence-electron chi connectivity index (χ2n) is 5.57. The Kier molecular flexibility index (Phi) is 5.81. The second kappa shape index (κ2) is 7.40. The van der Waals surface area contributed by atoms with Gasteiger partial charge in [0, 0.05) is 42.3 Å². The number of piperidine rings is 1. The third-order valence-electron chi connectivity index (χ3n) is 3.73. The molecule has 0 saturated carbocycles. The van der Waals surface area contributed by atoms with Crippen molar-refractivity contribution in [3.05, 3.63) is 28.7 Å². The lowest BCUT2D eigenvalue weighted by molar-refractivity contribution is 0.150. The highest BCUT2D eigenvalue weighted by Crippen LogP contribution is 2.22. The maximum Gasteiger partial charge on any atom is 0.319 e. The van der Waals surface area contributed by atoms with Crippen LogP contribution in [-0.2, 0) is 10.8 Å². The van der Waals surface area contributed by atoms with Crippen LogP contribution < -0.4 is 0 Å². The van der Waals surface area contributed by atoms with Crippen LogP contribution in [0.25, 0.3) is 0 Å². The molecule has 116 valence electrons. The van der Waals surface area contributed by atoms with Crippen molar-refractivity contribution in [2.24, 2.45) is 5.92 Å². The van der Waals surface area contributed by atoms with E-state index in [0.717, 1.165) is 35.3 Å². The van der Waals surface area contributed by atoms with Crippen molar-refractivity contribution < 1.29 is 9.00 Å². The Morgan fingerprint density at radius 1 is 1.29 bits per heavy atom. The summed E-state index contributed by atoms with van der Waals surface area (Å²) in [6.07, 6.45) is 1.86. The van der Waals surface area contributed by atoms with E-state index in [0.29, 0.717) is 11.7 Å². The fraction of sp³-hybridized carbons (Fsp3) is 0.533. The lowest BCUT2D eigenvalue weighted by atomic mass is 9.99. The molecule has 0 bridgehead atoms. The largest absolute Gasteiger partial charge is 0.331 e. The van der Waals surface area contributed by atoms with Gasteiger partial charge in [0.15, 0.2) is 0 Å². The molecular weight excluding hydrogens is 352 g/mol. The molecule has 0 N–H and O–H groups in total. The molecule has 1 aliphatic heterocycles. The summed E-state index contributed by atoms with van der Waals surface area (Å²) in [4.78, 5) is 16.2. The lowest BCUT2D eigenvalue weighted by Gasteiger charge is -2.33. The minimum atomic E-state index is -0.955. The van der Waals surface area contributed by atoms with Gasteiger partial charge in [0.2, 0.25) is 0 Å². The highest BCUT2D eigenvalue weighted by atomic mass is 79.9. The SMILES string of the molecule is CN(C)C(=O)N1CCC(CS(=O)c2ccc(Br)cc2)CC1. The van der Waals surface area contributed by atoms with Gasteiger partial charge in [-0.2, -0.15) is 0 Å². The summed E-state index contributed by atoms with van der Waals surface area (Å²) in [7, 11) is 2.59. The van der Waals surface area contributed by atoms with Crippen molar-refractivity contribution in [2.75, 3.05) is 32.9 Å². The number of halogens is 1. The third kappa shape index (κ3) is 4.54. The third-order valence-corrected chi connectivity index (χ3v) is 5.83. The highest BCUT2D eigenvalue weighted by molar-refractivity contribution is 9.10. The van der Waals surface area contributed by atoms with Gasteiger partial charge < -0.3 is 9.80 Å². The van der Waals surface area contributed by atoms with E-state index in [2.05, 4.69) is 15.9 Å². The predicted octanol–water partition coefficient (Wildman–Crippen LogP) is 2.95. The number of benzene rings is 1. The van der Waals surface area contributed by atoms with Gasteiger partial charge in [-0.3, -0.25) is 4.21 Å². The first kappa shape index (κ1) is 16.5. The fourth-order valence-electron chi connectivity index (χ4n) is 2.47. The number of carbonyl (C=O) groups is 1. The van der Waals surface area contributed by atoms with Gasteiger partial charge in [0.25, 0.3) is 0 Å². The van der Waals surface area contributed by atoms with Crippen LogP contribution >= 0.6 is 15.9 Å². The normalized spacial score (nSPS) is 17.6. The molecule has 0 aromatic heterocycles.